The fourth-order valence-electron chi connectivity index (χ4n) is 4.43. The number of thiophene rings is 1. The highest BCUT2D eigenvalue weighted by molar-refractivity contribution is 7.09. The molecule has 8 nitrogen and oxygen atoms in total. The maximum Gasteiger partial charge on any atom is 0.343 e. The molecule has 5 rings (SSSR count). The number of hydrogen-bond acceptors (Lipinski definition) is 7. The molecule has 0 bridgehead atoms. The van der Waals surface area contributed by atoms with Crippen LogP contribution in [0, 0.1) is 0 Å². The zero-order chi connectivity index (χ0) is 22.8. The second-order valence-electron chi connectivity index (χ2n) is 8.26. The number of carbonyl (C=O) groups excluding carboxylic acids is 1. The Morgan fingerprint density at radius 1 is 1.18 bits per heavy atom. The first-order chi connectivity index (χ1) is 16.1. The Kier molecular flexibility index (Phi) is 6.04. The number of ether oxygens (including phenoxy) is 1. The summed E-state index contributed by atoms with van der Waals surface area (Å²) in [4.78, 5) is 25.1. The van der Waals surface area contributed by atoms with Gasteiger partial charge in [-0.15, -0.1) is 11.3 Å². The predicted molar refractivity (Wildman–Crippen MR) is 131 cm³/mol. The van der Waals surface area contributed by atoms with Gasteiger partial charge >= 0.3 is 6.03 Å². The van der Waals surface area contributed by atoms with E-state index in [-0.39, 0.29) is 12.1 Å². The number of nitrogens with one attached hydrogen (secondary N) is 1. The molecule has 1 aliphatic carbocycles. The molecule has 0 unspecified atom stereocenters. The van der Waals surface area contributed by atoms with Crippen molar-refractivity contribution in [2.75, 3.05) is 28.8 Å². The van der Waals surface area contributed by atoms with Gasteiger partial charge in [0.25, 0.3) is 0 Å². The van der Waals surface area contributed by atoms with E-state index in [0.29, 0.717) is 19.1 Å². The molecule has 3 aromatic rings. The minimum absolute atomic E-state index is 0.0423. The molecule has 33 heavy (non-hydrogen) atoms. The van der Waals surface area contributed by atoms with E-state index in [1.54, 1.807) is 34.5 Å². The predicted octanol–water partition coefficient (Wildman–Crippen LogP) is 5.42. The summed E-state index contributed by atoms with van der Waals surface area (Å²) in [5, 5.41) is 9.24. The van der Waals surface area contributed by atoms with Crippen LogP contribution >= 0.6 is 11.3 Å². The number of nitrogens with zero attached hydrogens (tertiary/aromatic N) is 5. The Morgan fingerprint density at radius 2 is 1.97 bits per heavy atom. The minimum Gasteiger partial charge on any atom is -0.488 e. The summed E-state index contributed by atoms with van der Waals surface area (Å²) < 4.78 is 5.85. The van der Waals surface area contributed by atoms with Gasteiger partial charge in [0, 0.05) is 24.2 Å². The lowest BCUT2D eigenvalue weighted by atomic mass is 10.2. The topological polar surface area (TPSA) is 73.8 Å². The number of anilines is 4. The Hall–Kier alpha value is -3.33. The molecular formula is C24H28N6O2S. The van der Waals surface area contributed by atoms with Crippen LogP contribution in [0.3, 0.4) is 0 Å². The Balaban J connectivity index is 1.36. The van der Waals surface area contributed by atoms with Crippen molar-refractivity contribution in [3.05, 3.63) is 52.9 Å². The summed E-state index contributed by atoms with van der Waals surface area (Å²) in [7, 11) is 1.78. The van der Waals surface area contributed by atoms with E-state index < -0.39 is 0 Å². The van der Waals surface area contributed by atoms with Crippen molar-refractivity contribution in [3.8, 4) is 5.75 Å². The van der Waals surface area contributed by atoms with Gasteiger partial charge in [-0.3, -0.25) is 9.91 Å². The fourth-order valence-corrected chi connectivity index (χ4v) is 5.05. The molecule has 1 N–H and O–H groups in total. The van der Waals surface area contributed by atoms with Crippen LogP contribution in [0.15, 0.2) is 48.0 Å². The number of carbonyl (C=O) groups is 1. The van der Waals surface area contributed by atoms with Crippen molar-refractivity contribution < 1.29 is 9.53 Å². The third-order valence-corrected chi connectivity index (χ3v) is 6.99. The number of hydrazine groups is 1. The van der Waals surface area contributed by atoms with E-state index in [1.807, 2.05) is 42.6 Å². The number of aromatic nitrogens is 2. The fraction of sp³-hybridized carbons (Fsp3) is 0.375. The Labute approximate surface area is 197 Å². The van der Waals surface area contributed by atoms with Gasteiger partial charge in [-0.1, -0.05) is 18.9 Å². The van der Waals surface area contributed by atoms with Gasteiger partial charge in [0.05, 0.1) is 12.2 Å². The van der Waals surface area contributed by atoms with E-state index in [9.17, 15) is 4.79 Å². The summed E-state index contributed by atoms with van der Waals surface area (Å²) in [5.74, 6) is 2.09. The van der Waals surface area contributed by atoms with Gasteiger partial charge in [-0.05, 0) is 55.5 Å². The minimum atomic E-state index is -0.0423. The summed E-state index contributed by atoms with van der Waals surface area (Å²) in [5.41, 5.74) is 1.61. The highest BCUT2D eigenvalue weighted by Crippen LogP contribution is 2.38. The zero-order valence-electron chi connectivity index (χ0n) is 18.9. The van der Waals surface area contributed by atoms with Crippen LogP contribution in [0.1, 0.15) is 37.5 Å². The summed E-state index contributed by atoms with van der Waals surface area (Å²) in [6.07, 6.45) is 6.21. The second kappa shape index (κ2) is 9.27. The number of rotatable bonds is 7. The molecule has 0 atom stereocenters. The van der Waals surface area contributed by atoms with Crippen molar-refractivity contribution in [1.29, 1.82) is 0 Å². The van der Waals surface area contributed by atoms with Gasteiger partial charge in [-0.25, -0.2) is 14.8 Å². The summed E-state index contributed by atoms with van der Waals surface area (Å²) in [6, 6.07) is 12.1. The third-order valence-electron chi connectivity index (χ3n) is 6.14. The highest BCUT2D eigenvalue weighted by atomic mass is 32.1. The van der Waals surface area contributed by atoms with Crippen molar-refractivity contribution in [1.82, 2.24) is 15.0 Å². The first kappa shape index (κ1) is 21.5. The van der Waals surface area contributed by atoms with Crippen molar-refractivity contribution in [2.24, 2.45) is 0 Å². The van der Waals surface area contributed by atoms with E-state index in [1.165, 1.54) is 17.7 Å². The second-order valence-corrected chi connectivity index (χ2v) is 9.29. The quantitative estimate of drug-likeness (QED) is 0.504. The van der Waals surface area contributed by atoms with Gasteiger partial charge < -0.3 is 10.1 Å². The molecule has 0 saturated heterocycles. The van der Waals surface area contributed by atoms with Crippen LogP contribution in [0.2, 0.25) is 0 Å². The molecule has 2 aliphatic rings. The molecule has 172 valence electrons. The summed E-state index contributed by atoms with van der Waals surface area (Å²) >= 11 is 1.68. The third kappa shape index (κ3) is 4.32. The molecule has 9 heteroatoms. The normalized spacial score (nSPS) is 16.3. The molecule has 0 spiro atoms. The maximum absolute atomic E-state index is 13.0. The van der Waals surface area contributed by atoms with Gasteiger partial charge in [-0.2, -0.15) is 4.98 Å². The number of fused-ring (bicyclic) bond motifs is 1. The zero-order valence-corrected chi connectivity index (χ0v) is 19.7. The SMILES string of the molecule is CCN1C(=O)N(C)c2cnc(Nc3ccc(OCc4cccs4)cc3)nc2N1C1CCCC1. The van der Waals surface area contributed by atoms with Gasteiger partial charge in [0.15, 0.2) is 5.82 Å². The lowest BCUT2D eigenvalue weighted by molar-refractivity contribution is 0.191. The molecular weight excluding hydrogens is 436 g/mol. The van der Waals surface area contributed by atoms with Crippen LogP contribution in [0.25, 0.3) is 0 Å². The van der Waals surface area contributed by atoms with Crippen LogP contribution < -0.4 is 20.0 Å². The Morgan fingerprint density at radius 3 is 2.67 bits per heavy atom. The molecule has 2 aromatic heterocycles. The molecule has 1 aromatic carbocycles. The largest absolute Gasteiger partial charge is 0.488 e. The first-order valence-electron chi connectivity index (χ1n) is 11.4. The number of benzene rings is 1. The lowest BCUT2D eigenvalue weighted by Gasteiger charge is -2.45. The average molecular weight is 465 g/mol. The van der Waals surface area contributed by atoms with E-state index in [2.05, 4.69) is 21.4 Å². The maximum atomic E-state index is 13.0. The van der Waals surface area contributed by atoms with Crippen LogP contribution in [0.5, 0.6) is 5.75 Å². The number of hydrogen-bond donors (Lipinski definition) is 1. The van der Waals surface area contributed by atoms with E-state index >= 15 is 0 Å². The number of amides is 2. The summed E-state index contributed by atoms with van der Waals surface area (Å²) in [6.45, 7) is 3.16. The van der Waals surface area contributed by atoms with Gasteiger partial charge in [0.2, 0.25) is 5.95 Å². The van der Waals surface area contributed by atoms with Crippen LogP contribution in [-0.4, -0.2) is 40.6 Å². The van der Waals surface area contributed by atoms with Crippen LogP contribution in [-0.2, 0) is 6.61 Å². The molecule has 1 saturated carbocycles. The standard InChI is InChI=1S/C24H28N6O2S/c1-3-29-24(31)28(2)21-15-25-23(27-22(21)30(29)18-7-4-5-8-18)26-17-10-12-19(13-11-17)32-16-20-9-6-14-33-20/h6,9-15,18H,3-5,7-8,16H2,1-2H3,(H,25,26,27). The van der Waals surface area contributed by atoms with Crippen LogP contribution in [0.4, 0.5) is 27.9 Å². The van der Waals surface area contributed by atoms with Crippen molar-refractivity contribution in [3.63, 3.8) is 0 Å². The molecule has 1 fully saturated rings. The van der Waals surface area contributed by atoms with Crippen molar-refractivity contribution >= 4 is 40.5 Å². The molecule has 0 radical (unpaired) electrons. The van der Waals surface area contributed by atoms with E-state index in [4.69, 9.17) is 9.72 Å². The molecule has 1 aliphatic heterocycles. The molecule has 3 heterocycles. The van der Waals surface area contributed by atoms with Gasteiger partial charge in [0.1, 0.15) is 18.0 Å². The van der Waals surface area contributed by atoms with E-state index in [0.717, 1.165) is 35.8 Å². The Bertz CT molecular complexity index is 1100. The average Bonchev–Trinajstić information content (AvgIpc) is 3.55. The smallest absolute Gasteiger partial charge is 0.343 e. The highest BCUT2D eigenvalue weighted by Gasteiger charge is 2.39. The molecule has 2 amide bonds. The number of urea groups is 1. The lowest BCUT2D eigenvalue weighted by Crippen LogP contribution is -2.59. The monoisotopic (exact) mass is 464 g/mol. The van der Waals surface area contributed by atoms with Crippen molar-refractivity contribution in [2.45, 2.75) is 45.3 Å². The first-order valence-corrected chi connectivity index (χ1v) is 12.3.